The van der Waals surface area contributed by atoms with E-state index in [1.54, 1.807) is 6.07 Å². The lowest BCUT2D eigenvalue weighted by atomic mass is 9.87. The van der Waals surface area contributed by atoms with E-state index in [2.05, 4.69) is 34.1 Å². The number of piperazine rings is 1. The van der Waals surface area contributed by atoms with Crippen molar-refractivity contribution in [3.05, 3.63) is 88.5 Å². The molecule has 3 aromatic rings. The molecule has 1 fully saturated rings. The van der Waals surface area contributed by atoms with Gasteiger partial charge in [0.15, 0.2) is 0 Å². The van der Waals surface area contributed by atoms with Gasteiger partial charge in [-0.15, -0.1) is 0 Å². The number of fused-ring (bicyclic) bond motifs is 1. The molecule has 1 aliphatic carbocycles. The average Bonchev–Trinajstić information content (AvgIpc) is 3.33. The van der Waals surface area contributed by atoms with Crippen molar-refractivity contribution in [1.82, 2.24) is 19.6 Å². The zero-order valence-electron chi connectivity index (χ0n) is 18.1. The number of aryl methyl sites for hydroxylation is 2. The fourth-order valence-electron chi connectivity index (χ4n) is 5.13. The first-order chi connectivity index (χ1) is 15.0. The Morgan fingerprint density at radius 3 is 2.55 bits per heavy atom. The molecule has 6 heteroatoms. The Hall–Kier alpha value is -2.83. The lowest BCUT2D eigenvalue weighted by Crippen LogP contribution is -2.58. The second kappa shape index (κ2) is 7.70. The molecule has 2 aromatic carbocycles. The van der Waals surface area contributed by atoms with Crippen molar-refractivity contribution in [3.8, 4) is 0 Å². The van der Waals surface area contributed by atoms with E-state index in [4.69, 9.17) is 10.5 Å². The van der Waals surface area contributed by atoms with Gasteiger partial charge in [0.1, 0.15) is 11.4 Å². The van der Waals surface area contributed by atoms with E-state index < -0.39 is 5.54 Å². The summed E-state index contributed by atoms with van der Waals surface area (Å²) < 4.78 is 15.6. The molecule has 0 bridgehead atoms. The van der Waals surface area contributed by atoms with E-state index in [9.17, 15) is 4.39 Å². The molecule has 5 rings (SSSR count). The highest BCUT2D eigenvalue weighted by atomic mass is 19.1. The Morgan fingerprint density at radius 2 is 1.84 bits per heavy atom. The van der Waals surface area contributed by atoms with Crippen molar-refractivity contribution in [1.29, 1.82) is 5.41 Å². The Balaban J connectivity index is 1.40. The number of nitrogens with zero attached hydrogens (tertiary/aromatic N) is 4. The quantitative estimate of drug-likeness (QED) is 0.707. The predicted molar refractivity (Wildman–Crippen MR) is 120 cm³/mol. The summed E-state index contributed by atoms with van der Waals surface area (Å²) in [5.74, 6) is -0.175. The molecule has 31 heavy (non-hydrogen) atoms. The maximum Gasteiger partial charge on any atom is 0.123 e. The predicted octanol–water partition coefficient (Wildman–Crippen LogP) is 3.50. The van der Waals surface area contributed by atoms with Crippen molar-refractivity contribution in [3.63, 3.8) is 0 Å². The molecule has 1 saturated heterocycles. The molecule has 2 aliphatic rings. The highest BCUT2D eigenvalue weighted by molar-refractivity contribution is 6.09. The largest absolute Gasteiger partial charge is 0.302 e. The van der Waals surface area contributed by atoms with Crippen LogP contribution in [0.4, 0.5) is 4.39 Å². The van der Waals surface area contributed by atoms with Gasteiger partial charge in [-0.05, 0) is 41.8 Å². The number of rotatable bonds is 4. The van der Waals surface area contributed by atoms with Crippen LogP contribution in [0.15, 0.2) is 54.7 Å². The van der Waals surface area contributed by atoms with Gasteiger partial charge in [0.25, 0.3) is 0 Å². The highest BCUT2D eigenvalue weighted by Crippen LogP contribution is 2.42. The monoisotopic (exact) mass is 417 g/mol. The minimum absolute atomic E-state index is 0.175. The second-order valence-electron chi connectivity index (χ2n) is 8.78. The molecule has 1 atom stereocenters. The minimum atomic E-state index is -0.522. The zero-order chi connectivity index (χ0) is 21.6. The van der Waals surface area contributed by atoms with Crippen LogP contribution in [-0.2, 0) is 25.6 Å². The Morgan fingerprint density at radius 1 is 1.06 bits per heavy atom. The van der Waals surface area contributed by atoms with Crippen LogP contribution in [0.3, 0.4) is 0 Å². The Kier molecular flexibility index (Phi) is 4.99. The zero-order valence-corrected chi connectivity index (χ0v) is 18.1. The van der Waals surface area contributed by atoms with Gasteiger partial charge in [-0.25, -0.2) is 4.39 Å². The van der Waals surface area contributed by atoms with Gasteiger partial charge in [0.2, 0.25) is 0 Å². The first-order valence-corrected chi connectivity index (χ1v) is 10.9. The molecule has 0 amide bonds. The lowest BCUT2D eigenvalue weighted by Gasteiger charge is -2.45. The number of nitrogens with one attached hydrogen (secondary N) is 1. The number of benzene rings is 2. The standard InChI is InChI=1S/C25H28FN5/c1-18-7-8-21(26)15-20(18)17-30-11-13-31(14-12-30)25(23-9-10-29(2)28-23)16-19-5-3-4-6-22(19)24(25)27/h3-10,15,27H,11-14,16-17H2,1-2H3. The molecule has 1 N–H and O–H groups in total. The van der Waals surface area contributed by atoms with Gasteiger partial charge in [-0.3, -0.25) is 14.5 Å². The number of hydrogen-bond donors (Lipinski definition) is 1. The third kappa shape index (κ3) is 3.40. The number of aromatic nitrogens is 2. The van der Waals surface area contributed by atoms with Crippen LogP contribution < -0.4 is 0 Å². The number of halogens is 1. The molecular weight excluding hydrogens is 389 g/mol. The molecule has 0 saturated carbocycles. The van der Waals surface area contributed by atoms with Gasteiger partial charge in [0, 0.05) is 58.0 Å². The molecule has 1 aromatic heterocycles. The fourth-order valence-corrected chi connectivity index (χ4v) is 5.13. The fraction of sp³-hybridized carbons (Fsp3) is 0.360. The lowest BCUT2D eigenvalue weighted by molar-refractivity contribution is 0.0636. The summed E-state index contributed by atoms with van der Waals surface area (Å²) in [6.45, 7) is 6.26. The Labute approximate surface area is 182 Å². The average molecular weight is 418 g/mol. The van der Waals surface area contributed by atoms with Gasteiger partial charge >= 0.3 is 0 Å². The van der Waals surface area contributed by atoms with Crippen molar-refractivity contribution in [2.45, 2.75) is 25.4 Å². The Bertz CT molecular complexity index is 1130. The molecule has 1 unspecified atom stereocenters. The van der Waals surface area contributed by atoms with Crippen LogP contribution in [0.25, 0.3) is 0 Å². The van der Waals surface area contributed by atoms with Gasteiger partial charge in [-0.1, -0.05) is 30.3 Å². The molecule has 5 nitrogen and oxygen atoms in total. The van der Waals surface area contributed by atoms with Gasteiger partial charge in [0.05, 0.1) is 11.4 Å². The molecule has 0 radical (unpaired) electrons. The van der Waals surface area contributed by atoms with E-state index in [0.29, 0.717) is 5.71 Å². The van der Waals surface area contributed by atoms with Crippen LogP contribution in [0, 0.1) is 18.2 Å². The first-order valence-electron chi connectivity index (χ1n) is 10.9. The van der Waals surface area contributed by atoms with E-state index in [0.717, 1.165) is 61.5 Å². The van der Waals surface area contributed by atoms with E-state index >= 15 is 0 Å². The van der Waals surface area contributed by atoms with E-state index in [1.807, 2.05) is 37.0 Å². The molecular formula is C25H28FN5. The molecule has 160 valence electrons. The molecule has 2 heterocycles. The summed E-state index contributed by atoms with van der Waals surface area (Å²) in [5, 5.41) is 13.9. The smallest absolute Gasteiger partial charge is 0.123 e. The SMILES string of the molecule is Cc1ccc(F)cc1CN1CCN(C2(c3ccn(C)n3)Cc3ccccc3C2=N)CC1. The van der Waals surface area contributed by atoms with Crippen molar-refractivity contribution in [2.75, 3.05) is 26.2 Å². The topological polar surface area (TPSA) is 48.2 Å². The van der Waals surface area contributed by atoms with Gasteiger partial charge < -0.3 is 5.41 Å². The summed E-state index contributed by atoms with van der Waals surface area (Å²) >= 11 is 0. The summed E-state index contributed by atoms with van der Waals surface area (Å²) in [4.78, 5) is 4.82. The van der Waals surface area contributed by atoms with Crippen LogP contribution in [0.5, 0.6) is 0 Å². The summed E-state index contributed by atoms with van der Waals surface area (Å²) in [6.07, 6.45) is 2.75. The number of hydrogen-bond acceptors (Lipinski definition) is 4. The van der Waals surface area contributed by atoms with Crippen LogP contribution in [0.2, 0.25) is 0 Å². The van der Waals surface area contributed by atoms with Crippen LogP contribution in [0.1, 0.15) is 27.9 Å². The maximum atomic E-state index is 13.7. The van der Waals surface area contributed by atoms with E-state index in [1.165, 1.54) is 11.6 Å². The summed E-state index contributed by atoms with van der Waals surface area (Å²) in [6, 6.07) is 15.4. The normalized spacial score (nSPS) is 22.1. The molecule has 0 spiro atoms. The third-order valence-corrected chi connectivity index (χ3v) is 6.90. The minimum Gasteiger partial charge on any atom is -0.302 e. The van der Waals surface area contributed by atoms with Crippen molar-refractivity contribution in [2.24, 2.45) is 7.05 Å². The highest BCUT2D eigenvalue weighted by Gasteiger charge is 2.50. The summed E-state index contributed by atoms with van der Waals surface area (Å²) in [7, 11) is 1.93. The van der Waals surface area contributed by atoms with Crippen molar-refractivity contribution >= 4 is 5.71 Å². The third-order valence-electron chi connectivity index (χ3n) is 6.90. The maximum absolute atomic E-state index is 13.7. The second-order valence-corrected chi connectivity index (χ2v) is 8.78. The molecule has 1 aliphatic heterocycles. The van der Waals surface area contributed by atoms with Crippen LogP contribution >= 0.6 is 0 Å². The van der Waals surface area contributed by atoms with Crippen LogP contribution in [-0.4, -0.2) is 51.5 Å². The van der Waals surface area contributed by atoms with E-state index in [-0.39, 0.29) is 5.82 Å². The van der Waals surface area contributed by atoms with Gasteiger partial charge in [-0.2, -0.15) is 5.10 Å². The van der Waals surface area contributed by atoms with Crippen molar-refractivity contribution < 1.29 is 4.39 Å². The first kappa shape index (κ1) is 20.1. The summed E-state index contributed by atoms with van der Waals surface area (Å²) in [5.41, 5.74) is 5.51.